The third-order valence-electron chi connectivity index (χ3n) is 2.00. The smallest absolute Gasteiger partial charge is 0.377 e. The van der Waals surface area contributed by atoms with E-state index >= 15 is 0 Å². The van der Waals surface area contributed by atoms with Crippen molar-refractivity contribution >= 4 is 17.6 Å². The number of rotatable bonds is 2. The molecule has 0 aliphatic carbocycles. The molecule has 0 atom stereocenters. The lowest BCUT2D eigenvalue weighted by Crippen LogP contribution is -2.06. The second-order valence-corrected chi connectivity index (χ2v) is 3.54. The van der Waals surface area contributed by atoms with Crippen LogP contribution in [0, 0.1) is 11.3 Å². The van der Waals surface area contributed by atoms with Crippen LogP contribution < -0.4 is 0 Å². The van der Waals surface area contributed by atoms with Gasteiger partial charge in [-0.3, -0.25) is 0 Å². The summed E-state index contributed by atoms with van der Waals surface area (Å²) < 4.78 is 5.71. The van der Waals surface area contributed by atoms with Crippen LogP contribution in [0.2, 0.25) is 5.15 Å². The van der Waals surface area contributed by atoms with Crippen LogP contribution in [0.25, 0.3) is 5.82 Å². The zero-order chi connectivity index (χ0) is 13.1. The Balaban J connectivity index is 2.43. The SMILES string of the molecule is COC(=O)c1ncn(-c2cc(C#N)cc(Cl)n2)n1. The number of hydrogen-bond acceptors (Lipinski definition) is 6. The Bertz CT molecular complexity index is 646. The summed E-state index contributed by atoms with van der Waals surface area (Å²) in [6.45, 7) is 0. The Hall–Kier alpha value is -2.46. The number of methoxy groups -OCH3 is 1. The maximum Gasteiger partial charge on any atom is 0.377 e. The molecule has 2 rings (SSSR count). The van der Waals surface area contributed by atoms with Crippen molar-refractivity contribution in [2.45, 2.75) is 0 Å². The van der Waals surface area contributed by atoms with Crippen molar-refractivity contribution in [3.05, 3.63) is 35.0 Å². The van der Waals surface area contributed by atoms with E-state index in [1.165, 1.54) is 30.3 Å². The molecule has 0 radical (unpaired) electrons. The first-order chi connectivity index (χ1) is 8.63. The van der Waals surface area contributed by atoms with Gasteiger partial charge in [-0.1, -0.05) is 11.6 Å². The summed E-state index contributed by atoms with van der Waals surface area (Å²) >= 11 is 5.76. The minimum Gasteiger partial charge on any atom is -0.463 e. The average molecular weight is 264 g/mol. The lowest BCUT2D eigenvalue weighted by molar-refractivity contribution is 0.0587. The van der Waals surface area contributed by atoms with Crippen molar-refractivity contribution in [1.29, 1.82) is 5.26 Å². The molecule has 0 spiro atoms. The molecule has 2 heterocycles. The number of hydrogen-bond donors (Lipinski definition) is 0. The first-order valence-electron chi connectivity index (χ1n) is 4.72. The van der Waals surface area contributed by atoms with Crippen LogP contribution in [0.4, 0.5) is 0 Å². The van der Waals surface area contributed by atoms with E-state index in [0.29, 0.717) is 11.4 Å². The van der Waals surface area contributed by atoms with Crippen molar-refractivity contribution in [1.82, 2.24) is 19.7 Å². The molecule has 7 nitrogen and oxygen atoms in total. The molecule has 0 aromatic carbocycles. The predicted octanol–water partition coefficient (Wildman–Crippen LogP) is 0.974. The summed E-state index contributed by atoms with van der Waals surface area (Å²) in [5.74, 6) is -0.462. The van der Waals surface area contributed by atoms with Crippen LogP contribution >= 0.6 is 11.6 Å². The lowest BCUT2D eigenvalue weighted by Gasteiger charge is -2.00. The molecular weight excluding hydrogens is 258 g/mol. The highest BCUT2D eigenvalue weighted by Crippen LogP contribution is 2.12. The number of ether oxygens (including phenoxy) is 1. The molecule has 2 aromatic rings. The van der Waals surface area contributed by atoms with Gasteiger partial charge in [0.1, 0.15) is 11.5 Å². The molecular formula is C10H6ClN5O2. The van der Waals surface area contributed by atoms with Crippen LogP contribution in [-0.2, 0) is 4.74 Å². The first-order valence-corrected chi connectivity index (χ1v) is 5.10. The molecule has 0 saturated carbocycles. The molecule has 8 heteroatoms. The van der Waals surface area contributed by atoms with E-state index in [0.717, 1.165) is 0 Å². The fraction of sp³-hybridized carbons (Fsp3) is 0.100. The van der Waals surface area contributed by atoms with Gasteiger partial charge in [-0.05, 0) is 6.07 Å². The highest BCUT2D eigenvalue weighted by molar-refractivity contribution is 6.29. The summed E-state index contributed by atoms with van der Waals surface area (Å²) in [4.78, 5) is 18.9. The normalized spacial score (nSPS) is 9.83. The van der Waals surface area contributed by atoms with Crippen molar-refractivity contribution in [3.63, 3.8) is 0 Å². The minimum absolute atomic E-state index is 0.0993. The second kappa shape index (κ2) is 4.81. The maximum absolute atomic E-state index is 11.2. The third kappa shape index (κ3) is 2.28. The summed E-state index contributed by atoms with van der Waals surface area (Å²) in [5.41, 5.74) is 0.333. The number of pyridine rings is 1. The zero-order valence-corrected chi connectivity index (χ0v) is 9.92. The quantitative estimate of drug-likeness (QED) is 0.592. The Kier molecular flexibility index (Phi) is 3.21. The number of carbonyl (C=O) groups excluding carboxylic acids is 1. The fourth-order valence-corrected chi connectivity index (χ4v) is 1.43. The number of aromatic nitrogens is 4. The van der Waals surface area contributed by atoms with E-state index in [-0.39, 0.29) is 11.0 Å². The molecule has 0 amide bonds. The Morgan fingerprint density at radius 3 is 3.00 bits per heavy atom. The van der Waals surface area contributed by atoms with Gasteiger partial charge in [0, 0.05) is 6.07 Å². The van der Waals surface area contributed by atoms with Gasteiger partial charge in [-0.25, -0.2) is 19.4 Å². The fourth-order valence-electron chi connectivity index (χ4n) is 1.22. The molecule has 0 aliphatic rings. The number of carbonyl (C=O) groups is 1. The van der Waals surface area contributed by atoms with E-state index in [9.17, 15) is 4.79 Å². The molecule has 0 aliphatic heterocycles. The van der Waals surface area contributed by atoms with Crippen LogP contribution in [0.1, 0.15) is 16.2 Å². The average Bonchev–Trinajstić information content (AvgIpc) is 2.86. The summed E-state index contributed by atoms with van der Waals surface area (Å²) in [6.07, 6.45) is 1.28. The Morgan fingerprint density at radius 1 is 1.56 bits per heavy atom. The topological polar surface area (TPSA) is 93.7 Å². The molecule has 0 saturated heterocycles. The van der Waals surface area contributed by atoms with Gasteiger partial charge in [0.05, 0.1) is 18.7 Å². The van der Waals surface area contributed by atoms with Gasteiger partial charge in [0.2, 0.25) is 0 Å². The van der Waals surface area contributed by atoms with E-state index in [4.69, 9.17) is 16.9 Å². The highest BCUT2D eigenvalue weighted by Gasteiger charge is 2.13. The number of esters is 1. The maximum atomic E-state index is 11.2. The number of nitriles is 1. The minimum atomic E-state index is -0.656. The van der Waals surface area contributed by atoms with Gasteiger partial charge in [-0.2, -0.15) is 5.26 Å². The van der Waals surface area contributed by atoms with Gasteiger partial charge >= 0.3 is 5.97 Å². The van der Waals surface area contributed by atoms with Crippen LogP contribution in [0.3, 0.4) is 0 Å². The predicted molar refractivity (Wildman–Crippen MR) is 60.2 cm³/mol. The number of nitrogens with zero attached hydrogens (tertiary/aromatic N) is 5. The molecule has 0 unspecified atom stereocenters. The van der Waals surface area contributed by atoms with E-state index in [1.54, 1.807) is 0 Å². The largest absolute Gasteiger partial charge is 0.463 e. The van der Waals surface area contributed by atoms with Gasteiger partial charge in [0.15, 0.2) is 5.82 Å². The third-order valence-corrected chi connectivity index (χ3v) is 2.20. The summed E-state index contributed by atoms with van der Waals surface area (Å²) in [6, 6.07) is 4.83. The van der Waals surface area contributed by atoms with Crippen molar-refractivity contribution in [2.24, 2.45) is 0 Å². The monoisotopic (exact) mass is 263 g/mol. The first kappa shape index (κ1) is 12.0. The van der Waals surface area contributed by atoms with Crippen molar-refractivity contribution < 1.29 is 9.53 Å². The van der Waals surface area contributed by atoms with Crippen molar-refractivity contribution in [3.8, 4) is 11.9 Å². The van der Waals surface area contributed by atoms with Crippen LogP contribution in [0.5, 0.6) is 0 Å². The molecule has 0 N–H and O–H groups in total. The second-order valence-electron chi connectivity index (χ2n) is 3.15. The van der Waals surface area contributed by atoms with Crippen LogP contribution in [-0.4, -0.2) is 32.8 Å². The highest BCUT2D eigenvalue weighted by atomic mass is 35.5. The molecule has 0 bridgehead atoms. The van der Waals surface area contributed by atoms with E-state index in [2.05, 4.69) is 19.8 Å². The van der Waals surface area contributed by atoms with Gasteiger partial charge < -0.3 is 4.74 Å². The Labute approximate surface area is 107 Å². The molecule has 90 valence electrons. The summed E-state index contributed by atoms with van der Waals surface area (Å²) in [7, 11) is 1.23. The molecule has 0 fully saturated rings. The zero-order valence-electron chi connectivity index (χ0n) is 9.16. The van der Waals surface area contributed by atoms with E-state index < -0.39 is 5.97 Å². The Morgan fingerprint density at radius 2 is 2.33 bits per heavy atom. The van der Waals surface area contributed by atoms with Crippen molar-refractivity contribution in [2.75, 3.05) is 7.11 Å². The molecule has 18 heavy (non-hydrogen) atoms. The lowest BCUT2D eigenvalue weighted by atomic mass is 10.3. The standard InChI is InChI=1S/C10H6ClN5O2/c1-18-10(17)9-13-5-16(15-9)8-3-6(4-12)2-7(11)14-8/h2-3,5H,1H3. The summed E-state index contributed by atoms with van der Waals surface area (Å²) in [5, 5.41) is 12.8. The van der Waals surface area contributed by atoms with Gasteiger partial charge in [0.25, 0.3) is 5.82 Å². The van der Waals surface area contributed by atoms with Crippen LogP contribution in [0.15, 0.2) is 18.5 Å². The molecule has 2 aromatic heterocycles. The van der Waals surface area contributed by atoms with Gasteiger partial charge in [-0.15, -0.1) is 5.10 Å². The number of halogens is 1. The van der Waals surface area contributed by atoms with E-state index in [1.807, 2.05) is 6.07 Å².